The predicted octanol–water partition coefficient (Wildman–Crippen LogP) is 6.83. The van der Waals surface area contributed by atoms with Crippen molar-refractivity contribution < 1.29 is 31.1 Å². The molecule has 1 heterocycles. The molecule has 2 amide bonds. The summed E-state index contributed by atoms with van der Waals surface area (Å²) in [6.07, 6.45) is 3.52. The van der Waals surface area contributed by atoms with Crippen LogP contribution in [0.1, 0.15) is 47.4 Å². The van der Waals surface area contributed by atoms with E-state index in [4.69, 9.17) is 4.74 Å². The Morgan fingerprint density at radius 2 is 1.71 bits per heavy atom. The van der Waals surface area contributed by atoms with Gasteiger partial charge in [0.05, 0.1) is 23.9 Å². The molecule has 0 bridgehead atoms. The molecule has 0 aliphatic heterocycles. The molecule has 3 aromatic carbocycles. The van der Waals surface area contributed by atoms with Crippen LogP contribution in [0.2, 0.25) is 0 Å². The van der Waals surface area contributed by atoms with Gasteiger partial charge in [0.15, 0.2) is 0 Å². The molecule has 1 radical (unpaired) electrons. The number of aromatic nitrogens is 1. The first-order valence-electron chi connectivity index (χ1n) is 13.9. The van der Waals surface area contributed by atoms with Gasteiger partial charge in [0.1, 0.15) is 5.75 Å². The summed E-state index contributed by atoms with van der Waals surface area (Å²) >= 11 is 0. The van der Waals surface area contributed by atoms with E-state index >= 15 is 0 Å². The number of nitrogens with zero attached hydrogens (tertiary/aromatic N) is 1. The fourth-order valence-electron chi connectivity index (χ4n) is 4.89. The Kier molecular flexibility index (Phi) is 11.5. The molecule has 8 heteroatoms. The zero-order valence-corrected chi connectivity index (χ0v) is 25.5. The van der Waals surface area contributed by atoms with Crippen molar-refractivity contribution in [3.8, 4) is 16.9 Å². The van der Waals surface area contributed by atoms with E-state index < -0.39 is 0 Å². The Labute approximate surface area is 259 Å². The van der Waals surface area contributed by atoms with Crippen molar-refractivity contribution in [2.75, 3.05) is 19.5 Å². The van der Waals surface area contributed by atoms with E-state index in [1.807, 2.05) is 73.7 Å². The summed E-state index contributed by atoms with van der Waals surface area (Å²) in [5.41, 5.74) is 4.91. The Hall–Kier alpha value is -3.88. The van der Waals surface area contributed by atoms with Gasteiger partial charge in [-0.15, -0.1) is 5.92 Å². The van der Waals surface area contributed by atoms with Crippen molar-refractivity contribution in [3.63, 3.8) is 0 Å². The summed E-state index contributed by atoms with van der Waals surface area (Å²) in [6.45, 7) is 11.8. The second-order valence-corrected chi connectivity index (χ2v) is 10.2. The maximum Gasteiger partial charge on any atom is 2.00 e. The van der Waals surface area contributed by atoms with Crippen LogP contribution in [0.5, 0.6) is 5.75 Å². The standard InChI is InChI=1S/C31H31N4O3.C3H7.Co/c1-18-14-26(19(18)2)35-30(36)21-12-10-20(11-13-21)23-15-24-27(16-28(23)38-4)33-17-25(31(37)32-3)29(24)34-22-8-6-5-7-9-22;1-3-2;/h5-13,15-19,26H,2,14H2,1,3-4H3,(H,32,37)(H,33,34)(H,35,36);1,3H2,2H3;/q2*-1;+2. The molecule has 3 N–H and O–H groups in total. The number of benzene rings is 3. The van der Waals surface area contributed by atoms with E-state index in [0.29, 0.717) is 34.0 Å². The average molecular weight is 610 g/mol. The number of para-hydroxylation sites is 1. The molecular formula is C34H38CoN4O3. The van der Waals surface area contributed by atoms with Crippen LogP contribution in [0, 0.1) is 25.7 Å². The van der Waals surface area contributed by atoms with Gasteiger partial charge in [-0.05, 0) is 42.3 Å². The summed E-state index contributed by atoms with van der Waals surface area (Å²) in [4.78, 5) is 30.1. The first-order chi connectivity index (χ1) is 19.8. The zero-order valence-electron chi connectivity index (χ0n) is 24.5. The molecule has 221 valence electrons. The van der Waals surface area contributed by atoms with Crippen molar-refractivity contribution in [1.82, 2.24) is 15.6 Å². The smallest absolute Gasteiger partial charge is 0.496 e. The van der Waals surface area contributed by atoms with Crippen LogP contribution < -0.4 is 20.7 Å². The third-order valence-corrected chi connectivity index (χ3v) is 7.35. The number of methoxy groups -OCH3 is 1. The summed E-state index contributed by atoms with van der Waals surface area (Å²) in [7, 11) is 3.21. The largest absolute Gasteiger partial charge is 2.00 e. The number of carbonyl (C=O) groups is 2. The van der Waals surface area contributed by atoms with Crippen molar-refractivity contribution in [3.05, 3.63) is 97.9 Å². The maximum absolute atomic E-state index is 12.8. The number of amides is 2. The molecule has 0 saturated heterocycles. The molecule has 3 unspecified atom stereocenters. The van der Waals surface area contributed by atoms with Crippen LogP contribution in [0.4, 0.5) is 11.4 Å². The van der Waals surface area contributed by atoms with Gasteiger partial charge >= 0.3 is 16.8 Å². The molecule has 5 rings (SSSR count). The number of fused-ring (bicyclic) bond motifs is 1. The van der Waals surface area contributed by atoms with Crippen LogP contribution in [0.3, 0.4) is 0 Å². The summed E-state index contributed by atoms with van der Waals surface area (Å²) in [5, 5.41) is 9.97. The number of carbonyl (C=O) groups excluding carboxylic acids is 2. The Morgan fingerprint density at radius 3 is 2.29 bits per heavy atom. The van der Waals surface area contributed by atoms with Crippen LogP contribution in [0.25, 0.3) is 22.0 Å². The number of anilines is 2. The maximum atomic E-state index is 12.8. The normalized spacial score (nSPS) is 17.0. The van der Waals surface area contributed by atoms with Gasteiger partial charge in [0.2, 0.25) is 0 Å². The zero-order chi connectivity index (χ0) is 29.5. The molecule has 0 spiro atoms. The number of rotatable bonds is 7. The topological polar surface area (TPSA) is 92.4 Å². The Bertz CT molecular complexity index is 1510. The minimum atomic E-state index is -0.240. The summed E-state index contributed by atoms with van der Waals surface area (Å²) < 4.78 is 5.71. The van der Waals surface area contributed by atoms with Crippen molar-refractivity contribution in [2.24, 2.45) is 11.8 Å². The molecule has 1 aromatic heterocycles. The number of hydrogen-bond donors (Lipinski definition) is 3. The summed E-state index contributed by atoms with van der Waals surface area (Å²) in [6, 6.07) is 21.1. The monoisotopic (exact) mass is 609 g/mol. The first-order valence-corrected chi connectivity index (χ1v) is 13.9. The molecule has 7 nitrogen and oxygen atoms in total. The van der Waals surface area contributed by atoms with Gasteiger partial charge in [0.25, 0.3) is 11.8 Å². The summed E-state index contributed by atoms with van der Waals surface area (Å²) in [5.74, 6) is 1.08. The van der Waals surface area contributed by atoms with Gasteiger partial charge < -0.3 is 34.5 Å². The van der Waals surface area contributed by atoms with Crippen molar-refractivity contribution in [1.29, 1.82) is 0 Å². The van der Waals surface area contributed by atoms with Crippen molar-refractivity contribution >= 4 is 34.1 Å². The second kappa shape index (κ2) is 14.8. The second-order valence-electron chi connectivity index (χ2n) is 10.2. The molecule has 3 atom stereocenters. The van der Waals surface area contributed by atoms with Gasteiger partial charge in [-0.2, -0.15) is 6.42 Å². The first kappa shape index (κ1) is 32.6. The minimum Gasteiger partial charge on any atom is -0.496 e. The quantitative estimate of drug-likeness (QED) is 0.200. The molecular weight excluding hydrogens is 571 g/mol. The van der Waals surface area contributed by atoms with Crippen LogP contribution in [0.15, 0.2) is 72.9 Å². The molecule has 1 fully saturated rings. The molecule has 1 aliphatic rings. The Balaban J connectivity index is 0.00000116. The van der Waals surface area contributed by atoms with Gasteiger partial charge in [-0.1, -0.05) is 50.1 Å². The third-order valence-electron chi connectivity index (χ3n) is 7.35. The van der Waals surface area contributed by atoms with Crippen molar-refractivity contribution in [2.45, 2.75) is 32.7 Å². The predicted molar refractivity (Wildman–Crippen MR) is 166 cm³/mol. The minimum absolute atomic E-state index is 0. The number of nitrogens with one attached hydrogen (secondary N) is 3. The molecule has 4 aromatic rings. The number of hydrogen-bond acceptors (Lipinski definition) is 5. The molecule has 1 aliphatic carbocycles. The molecule has 1 saturated carbocycles. The number of pyridine rings is 1. The van der Waals surface area contributed by atoms with E-state index in [1.54, 1.807) is 20.4 Å². The van der Waals surface area contributed by atoms with E-state index in [9.17, 15) is 9.59 Å². The SMILES string of the molecule is [CH2-]C1C(C)CC1NC(=O)c1ccc(-c2cc3c(Nc4ccccc4)c(C(=O)NC)cnc3cc2OC)cc1.[CH2-]CC.[Co+2]. The van der Waals surface area contributed by atoms with Gasteiger partial charge in [-0.25, -0.2) is 0 Å². The third kappa shape index (κ3) is 7.12. The Morgan fingerprint density at radius 1 is 1.05 bits per heavy atom. The van der Waals surface area contributed by atoms with Crippen LogP contribution >= 0.6 is 0 Å². The van der Waals surface area contributed by atoms with Gasteiger partial charge in [-0.3, -0.25) is 14.6 Å². The van der Waals surface area contributed by atoms with E-state index in [1.165, 1.54) is 0 Å². The van der Waals surface area contributed by atoms with E-state index in [-0.39, 0.29) is 40.6 Å². The van der Waals surface area contributed by atoms with Crippen LogP contribution in [-0.4, -0.2) is 37.0 Å². The molecule has 42 heavy (non-hydrogen) atoms. The average Bonchev–Trinajstić information content (AvgIpc) is 3.00. The van der Waals surface area contributed by atoms with Gasteiger partial charge in [0, 0.05) is 47.6 Å². The van der Waals surface area contributed by atoms with Crippen LogP contribution in [-0.2, 0) is 16.8 Å². The fourth-order valence-corrected chi connectivity index (χ4v) is 4.89. The van der Waals surface area contributed by atoms with E-state index in [2.05, 4.69) is 41.7 Å². The fraction of sp³-hybridized carbons (Fsp3) is 0.265. The van der Waals surface area contributed by atoms with E-state index in [0.717, 1.165) is 35.0 Å². The number of ether oxygens (including phenoxy) is 1.